The molecule has 4 nitrogen and oxygen atoms in total. The van der Waals surface area contributed by atoms with E-state index in [-0.39, 0.29) is 5.78 Å². The summed E-state index contributed by atoms with van der Waals surface area (Å²) in [5, 5.41) is 1.79. The van der Waals surface area contributed by atoms with E-state index in [2.05, 4.69) is 5.43 Å². The molecule has 0 atom stereocenters. The maximum Gasteiger partial charge on any atom is 0.165 e. The second-order valence-corrected chi connectivity index (χ2v) is 4.66. The molecule has 2 aromatic carbocycles. The van der Waals surface area contributed by atoms with Crippen molar-refractivity contribution >= 4 is 11.5 Å². The fourth-order valence-corrected chi connectivity index (χ4v) is 1.93. The van der Waals surface area contributed by atoms with Crippen LogP contribution in [0.3, 0.4) is 0 Å². The number of carbonyl (C=O) groups is 1. The van der Waals surface area contributed by atoms with Gasteiger partial charge < -0.3 is 10.2 Å². The standard InChI is InChI=1S/C16H18N2O2/c1-12(19)16-14(17-18(2)3)10-7-11-15(16)20-13-8-5-4-6-9-13/h4-11,17H,1-3H3. The Morgan fingerprint density at radius 3 is 2.35 bits per heavy atom. The predicted molar refractivity (Wildman–Crippen MR) is 80.3 cm³/mol. The molecule has 0 aromatic heterocycles. The lowest BCUT2D eigenvalue weighted by atomic mass is 10.1. The molecule has 0 bridgehead atoms. The third-order valence-electron chi connectivity index (χ3n) is 2.69. The lowest BCUT2D eigenvalue weighted by Crippen LogP contribution is -2.21. The van der Waals surface area contributed by atoms with Crippen LogP contribution in [0.5, 0.6) is 11.5 Å². The lowest BCUT2D eigenvalue weighted by Gasteiger charge is -2.18. The third kappa shape index (κ3) is 3.36. The Morgan fingerprint density at radius 2 is 1.75 bits per heavy atom. The third-order valence-corrected chi connectivity index (χ3v) is 2.69. The van der Waals surface area contributed by atoms with E-state index < -0.39 is 0 Å². The Hall–Kier alpha value is -2.33. The molecule has 0 heterocycles. The van der Waals surface area contributed by atoms with Gasteiger partial charge in [-0.1, -0.05) is 24.3 Å². The van der Waals surface area contributed by atoms with E-state index in [1.807, 2.05) is 56.6 Å². The van der Waals surface area contributed by atoms with Crippen LogP contribution in [0.15, 0.2) is 48.5 Å². The molecular formula is C16H18N2O2. The molecule has 0 radical (unpaired) electrons. The monoisotopic (exact) mass is 270 g/mol. The number of hydrogen-bond donors (Lipinski definition) is 1. The summed E-state index contributed by atoms with van der Waals surface area (Å²) in [6.07, 6.45) is 0. The number of hydrogen-bond acceptors (Lipinski definition) is 4. The molecule has 2 rings (SSSR count). The van der Waals surface area contributed by atoms with Gasteiger partial charge in [-0.15, -0.1) is 0 Å². The van der Waals surface area contributed by atoms with Crippen LogP contribution in [0, 0.1) is 0 Å². The molecule has 20 heavy (non-hydrogen) atoms. The maximum absolute atomic E-state index is 11.9. The fourth-order valence-electron chi connectivity index (χ4n) is 1.93. The van der Waals surface area contributed by atoms with Gasteiger partial charge in [0.15, 0.2) is 5.78 Å². The van der Waals surface area contributed by atoms with Crippen LogP contribution in [0.25, 0.3) is 0 Å². The quantitative estimate of drug-likeness (QED) is 0.666. The van der Waals surface area contributed by atoms with Crippen LogP contribution in [-0.2, 0) is 0 Å². The number of anilines is 1. The number of carbonyl (C=O) groups excluding carboxylic acids is 1. The van der Waals surface area contributed by atoms with E-state index in [0.717, 1.165) is 5.69 Å². The largest absolute Gasteiger partial charge is 0.457 e. The van der Waals surface area contributed by atoms with Crippen LogP contribution >= 0.6 is 0 Å². The zero-order chi connectivity index (χ0) is 14.5. The number of rotatable bonds is 5. The van der Waals surface area contributed by atoms with E-state index in [0.29, 0.717) is 17.1 Å². The van der Waals surface area contributed by atoms with E-state index in [1.54, 1.807) is 11.1 Å². The highest BCUT2D eigenvalue weighted by atomic mass is 16.5. The Morgan fingerprint density at radius 1 is 1.05 bits per heavy atom. The molecule has 0 fully saturated rings. The average Bonchev–Trinajstić information content (AvgIpc) is 2.39. The molecule has 1 N–H and O–H groups in total. The number of Topliss-reactive ketones (excluding diaryl/α,β-unsaturated/α-hetero) is 1. The molecule has 0 saturated heterocycles. The van der Waals surface area contributed by atoms with Crippen molar-refractivity contribution in [2.75, 3.05) is 19.5 Å². The summed E-state index contributed by atoms with van der Waals surface area (Å²) < 4.78 is 5.81. The van der Waals surface area contributed by atoms with Crippen LogP contribution in [-0.4, -0.2) is 24.9 Å². The number of nitrogens with one attached hydrogen (secondary N) is 1. The van der Waals surface area contributed by atoms with Crippen LogP contribution in [0.2, 0.25) is 0 Å². The van der Waals surface area contributed by atoms with Crippen molar-refractivity contribution in [3.8, 4) is 11.5 Å². The van der Waals surface area contributed by atoms with Crippen molar-refractivity contribution in [1.29, 1.82) is 0 Å². The molecule has 0 aliphatic heterocycles. The van der Waals surface area contributed by atoms with Gasteiger partial charge in [-0.05, 0) is 31.2 Å². The van der Waals surface area contributed by atoms with Crippen LogP contribution in [0.4, 0.5) is 5.69 Å². The minimum absolute atomic E-state index is 0.0409. The summed E-state index contributed by atoms with van der Waals surface area (Å²) >= 11 is 0. The van der Waals surface area contributed by atoms with Gasteiger partial charge in [0.1, 0.15) is 11.5 Å². The summed E-state index contributed by atoms with van der Waals surface area (Å²) in [5.41, 5.74) is 4.39. The Balaban J connectivity index is 2.39. The molecule has 2 aromatic rings. The van der Waals surface area contributed by atoms with Crippen molar-refractivity contribution in [3.63, 3.8) is 0 Å². The number of benzene rings is 2. The molecule has 0 aliphatic carbocycles. The maximum atomic E-state index is 11.9. The average molecular weight is 270 g/mol. The van der Waals surface area contributed by atoms with Gasteiger partial charge in [0.05, 0.1) is 11.3 Å². The summed E-state index contributed by atoms with van der Waals surface area (Å²) in [6.45, 7) is 1.54. The SMILES string of the molecule is CC(=O)c1c(NN(C)C)cccc1Oc1ccccc1. The number of hydrazine groups is 1. The molecule has 0 spiro atoms. The first-order valence-corrected chi connectivity index (χ1v) is 6.39. The van der Waals surface area contributed by atoms with Gasteiger partial charge in [-0.25, -0.2) is 5.01 Å². The number of ketones is 1. The molecule has 0 aliphatic rings. The number of ether oxygens (including phenoxy) is 1. The summed E-state index contributed by atoms with van der Waals surface area (Å²) in [7, 11) is 3.74. The zero-order valence-electron chi connectivity index (χ0n) is 11.9. The van der Waals surface area contributed by atoms with Gasteiger partial charge in [0.25, 0.3) is 0 Å². The Kier molecular flexibility index (Phi) is 4.38. The van der Waals surface area contributed by atoms with Crippen molar-refractivity contribution < 1.29 is 9.53 Å². The first-order valence-electron chi connectivity index (χ1n) is 6.39. The highest BCUT2D eigenvalue weighted by Crippen LogP contribution is 2.31. The van der Waals surface area contributed by atoms with Gasteiger partial charge in [-0.3, -0.25) is 4.79 Å². The molecule has 0 unspecified atom stereocenters. The summed E-state index contributed by atoms with van der Waals surface area (Å²) in [4.78, 5) is 11.9. The molecule has 104 valence electrons. The highest BCUT2D eigenvalue weighted by Gasteiger charge is 2.15. The topological polar surface area (TPSA) is 41.6 Å². The summed E-state index contributed by atoms with van der Waals surface area (Å²) in [5.74, 6) is 1.22. The van der Waals surface area contributed by atoms with Gasteiger partial charge in [0.2, 0.25) is 0 Å². The first kappa shape index (κ1) is 14.1. The van der Waals surface area contributed by atoms with E-state index in [1.165, 1.54) is 6.92 Å². The van der Waals surface area contributed by atoms with Crippen molar-refractivity contribution in [3.05, 3.63) is 54.1 Å². The molecule has 4 heteroatoms. The minimum atomic E-state index is -0.0409. The van der Waals surface area contributed by atoms with Crippen molar-refractivity contribution in [1.82, 2.24) is 5.01 Å². The molecule has 0 saturated carbocycles. The molecular weight excluding hydrogens is 252 g/mol. The van der Waals surface area contributed by atoms with Crippen molar-refractivity contribution in [2.45, 2.75) is 6.92 Å². The second-order valence-electron chi connectivity index (χ2n) is 4.66. The number of nitrogens with zero attached hydrogens (tertiary/aromatic N) is 1. The number of para-hydroxylation sites is 1. The highest BCUT2D eigenvalue weighted by molar-refractivity contribution is 6.02. The second kappa shape index (κ2) is 6.21. The van der Waals surface area contributed by atoms with E-state index in [9.17, 15) is 4.79 Å². The zero-order valence-corrected chi connectivity index (χ0v) is 11.9. The van der Waals surface area contributed by atoms with Gasteiger partial charge in [-0.2, -0.15) is 0 Å². The van der Waals surface area contributed by atoms with Crippen LogP contribution < -0.4 is 10.2 Å². The smallest absolute Gasteiger partial charge is 0.165 e. The minimum Gasteiger partial charge on any atom is -0.457 e. The van der Waals surface area contributed by atoms with Gasteiger partial charge in [0, 0.05) is 14.1 Å². The van der Waals surface area contributed by atoms with E-state index >= 15 is 0 Å². The lowest BCUT2D eigenvalue weighted by molar-refractivity contribution is 0.101. The normalized spacial score (nSPS) is 10.4. The fraction of sp³-hybridized carbons (Fsp3) is 0.188. The first-order chi connectivity index (χ1) is 9.58. The molecule has 0 amide bonds. The van der Waals surface area contributed by atoms with Crippen molar-refractivity contribution in [2.24, 2.45) is 0 Å². The van der Waals surface area contributed by atoms with Gasteiger partial charge >= 0.3 is 0 Å². The van der Waals surface area contributed by atoms with Crippen LogP contribution in [0.1, 0.15) is 17.3 Å². The Labute approximate surface area is 119 Å². The summed E-state index contributed by atoms with van der Waals surface area (Å²) in [6, 6.07) is 14.9. The Bertz CT molecular complexity index is 595. The predicted octanol–water partition coefficient (Wildman–Crippen LogP) is 3.57. The van der Waals surface area contributed by atoms with E-state index in [4.69, 9.17) is 4.74 Å².